The summed E-state index contributed by atoms with van der Waals surface area (Å²) in [6.45, 7) is 0.827. The van der Waals surface area contributed by atoms with Crippen LogP contribution in [0.4, 0.5) is 0 Å². The molecule has 0 saturated heterocycles. The molecule has 3 rings (SSSR count). The summed E-state index contributed by atoms with van der Waals surface area (Å²) in [7, 11) is 0. The molecule has 1 aromatic carbocycles. The molecule has 0 bridgehead atoms. The fourth-order valence-electron chi connectivity index (χ4n) is 2.63. The number of hydrogen-bond acceptors (Lipinski definition) is 1. The van der Waals surface area contributed by atoms with Crippen molar-refractivity contribution in [2.75, 3.05) is 0 Å². The zero-order chi connectivity index (χ0) is 13.2. The van der Waals surface area contributed by atoms with Gasteiger partial charge < -0.3 is 4.57 Å². The van der Waals surface area contributed by atoms with E-state index < -0.39 is 0 Å². The van der Waals surface area contributed by atoms with Crippen LogP contribution in [0.3, 0.4) is 0 Å². The SMILES string of the molecule is O=C1CCCCc2cn(Cc3ccc(Br)cc3)cc21. The van der Waals surface area contributed by atoms with Crippen molar-refractivity contribution in [2.24, 2.45) is 0 Å². The standard InChI is InChI=1S/C16H16BrNO/c17-14-7-5-12(6-8-14)9-18-10-13-3-1-2-4-16(19)15(13)11-18/h5-8,10-11H,1-4,9H2. The van der Waals surface area contributed by atoms with Crippen LogP contribution < -0.4 is 0 Å². The van der Waals surface area contributed by atoms with Crippen molar-refractivity contribution in [3.63, 3.8) is 0 Å². The van der Waals surface area contributed by atoms with Gasteiger partial charge in [0.15, 0.2) is 5.78 Å². The number of fused-ring (bicyclic) bond motifs is 1. The van der Waals surface area contributed by atoms with Crippen LogP contribution >= 0.6 is 15.9 Å². The summed E-state index contributed by atoms with van der Waals surface area (Å²) < 4.78 is 3.23. The molecule has 2 aromatic rings. The Kier molecular flexibility index (Phi) is 3.56. The van der Waals surface area contributed by atoms with E-state index in [1.165, 1.54) is 11.1 Å². The predicted octanol–water partition coefficient (Wildman–Crippen LogP) is 4.21. The number of aromatic nitrogens is 1. The first-order valence-electron chi connectivity index (χ1n) is 6.69. The lowest BCUT2D eigenvalue weighted by Crippen LogP contribution is -1.98. The first-order chi connectivity index (χ1) is 9.22. The van der Waals surface area contributed by atoms with Gasteiger partial charge in [0.2, 0.25) is 0 Å². The molecule has 0 unspecified atom stereocenters. The number of carbonyl (C=O) groups excluding carboxylic acids is 1. The van der Waals surface area contributed by atoms with Crippen molar-refractivity contribution < 1.29 is 4.79 Å². The van der Waals surface area contributed by atoms with E-state index >= 15 is 0 Å². The molecule has 19 heavy (non-hydrogen) atoms. The molecule has 1 aliphatic carbocycles. The van der Waals surface area contributed by atoms with Crippen molar-refractivity contribution in [3.8, 4) is 0 Å². The van der Waals surface area contributed by atoms with Crippen LogP contribution in [0.2, 0.25) is 0 Å². The number of aryl methyl sites for hydroxylation is 1. The molecule has 1 heterocycles. The Hall–Kier alpha value is -1.35. The van der Waals surface area contributed by atoms with Crippen molar-refractivity contribution in [2.45, 2.75) is 32.2 Å². The molecule has 0 amide bonds. The smallest absolute Gasteiger partial charge is 0.164 e. The van der Waals surface area contributed by atoms with Crippen LogP contribution in [0, 0.1) is 0 Å². The van der Waals surface area contributed by atoms with Crippen molar-refractivity contribution in [1.29, 1.82) is 0 Å². The second-order valence-electron chi connectivity index (χ2n) is 5.13. The number of ketones is 1. The lowest BCUT2D eigenvalue weighted by atomic mass is 10.1. The van der Waals surface area contributed by atoms with Gasteiger partial charge >= 0.3 is 0 Å². The molecule has 0 fully saturated rings. The average Bonchev–Trinajstić information content (AvgIpc) is 2.72. The highest BCUT2D eigenvalue weighted by Crippen LogP contribution is 2.22. The first-order valence-corrected chi connectivity index (χ1v) is 7.48. The van der Waals surface area contributed by atoms with E-state index in [2.05, 4.69) is 51.0 Å². The number of hydrogen-bond donors (Lipinski definition) is 0. The Balaban J connectivity index is 1.84. The monoisotopic (exact) mass is 317 g/mol. The van der Waals surface area contributed by atoms with Gasteiger partial charge in [0.25, 0.3) is 0 Å². The number of benzene rings is 1. The van der Waals surface area contributed by atoms with Crippen LogP contribution in [0.15, 0.2) is 41.1 Å². The van der Waals surface area contributed by atoms with Crippen molar-refractivity contribution in [1.82, 2.24) is 4.57 Å². The van der Waals surface area contributed by atoms with Gasteiger partial charge in [-0.15, -0.1) is 0 Å². The van der Waals surface area contributed by atoms with Crippen LogP contribution in [0.5, 0.6) is 0 Å². The quantitative estimate of drug-likeness (QED) is 0.760. The minimum atomic E-state index is 0.307. The lowest BCUT2D eigenvalue weighted by molar-refractivity contribution is 0.0982. The number of halogens is 1. The summed E-state index contributed by atoms with van der Waals surface area (Å²) in [6, 6.07) is 8.32. The summed E-state index contributed by atoms with van der Waals surface area (Å²) in [5.74, 6) is 0.307. The zero-order valence-corrected chi connectivity index (χ0v) is 12.3. The molecular weight excluding hydrogens is 302 g/mol. The van der Waals surface area contributed by atoms with Crippen LogP contribution in [-0.2, 0) is 13.0 Å². The van der Waals surface area contributed by atoms with E-state index in [0.29, 0.717) is 12.2 Å². The lowest BCUT2D eigenvalue weighted by Gasteiger charge is -2.03. The fourth-order valence-corrected chi connectivity index (χ4v) is 2.90. The van der Waals surface area contributed by atoms with E-state index in [0.717, 1.165) is 35.8 Å². The molecule has 1 aliphatic rings. The molecule has 2 nitrogen and oxygen atoms in total. The Labute approximate surface area is 121 Å². The maximum absolute atomic E-state index is 12.0. The largest absolute Gasteiger partial charge is 0.349 e. The molecule has 0 N–H and O–H groups in total. The predicted molar refractivity (Wildman–Crippen MR) is 79.6 cm³/mol. The number of rotatable bonds is 2. The summed E-state index contributed by atoms with van der Waals surface area (Å²) in [4.78, 5) is 12.0. The zero-order valence-electron chi connectivity index (χ0n) is 10.7. The number of Topliss-reactive ketones (excluding diaryl/α,β-unsaturated/α-hetero) is 1. The minimum Gasteiger partial charge on any atom is -0.349 e. The molecule has 0 atom stereocenters. The summed E-state index contributed by atoms with van der Waals surface area (Å²) in [5, 5.41) is 0. The third-order valence-electron chi connectivity index (χ3n) is 3.64. The van der Waals surface area contributed by atoms with Gasteiger partial charge in [-0.05, 0) is 42.5 Å². The normalized spacial score (nSPS) is 15.1. The average molecular weight is 318 g/mol. The van der Waals surface area contributed by atoms with Gasteiger partial charge in [0.05, 0.1) is 0 Å². The molecule has 0 saturated carbocycles. The Morgan fingerprint density at radius 3 is 2.58 bits per heavy atom. The maximum atomic E-state index is 12.0. The third-order valence-corrected chi connectivity index (χ3v) is 4.17. The molecule has 0 spiro atoms. The number of nitrogens with zero attached hydrogens (tertiary/aromatic N) is 1. The summed E-state index contributed by atoms with van der Waals surface area (Å²) in [5.41, 5.74) is 3.41. The molecule has 0 radical (unpaired) electrons. The van der Waals surface area contributed by atoms with Gasteiger partial charge in [-0.25, -0.2) is 0 Å². The maximum Gasteiger partial charge on any atom is 0.164 e. The molecule has 0 aliphatic heterocycles. The van der Waals surface area contributed by atoms with Gasteiger partial charge in [-0.2, -0.15) is 0 Å². The van der Waals surface area contributed by atoms with Gasteiger partial charge in [-0.3, -0.25) is 4.79 Å². The van der Waals surface area contributed by atoms with E-state index in [1.807, 2.05) is 6.20 Å². The van der Waals surface area contributed by atoms with E-state index in [1.54, 1.807) is 0 Å². The molecule has 1 aromatic heterocycles. The first kappa shape index (κ1) is 12.7. The van der Waals surface area contributed by atoms with Crippen molar-refractivity contribution >= 4 is 21.7 Å². The highest BCUT2D eigenvalue weighted by molar-refractivity contribution is 9.10. The highest BCUT2D eigenvalue weighted by Gasteiger charge is 2.17. The van der Waals surface area contributed by atoms with Gasteiger partial charge in [0.1, 0.15) is 0 Å². The van der Waals surface area contributed by atoms with Crippen LogP contribution in [0.1, 0.15) is 40.7 Å². The fraction of sp³-hybridized carbons (Fsp3) is 0.312. The van der Waals surface area contributed by atoms with E-state index in [9.17, 15) is 4.79 Å². The topological polar surface area (TPSA) is 22.0 Å². The van der Waals surface area contributed by atoms with Crippen LogP contribution in [0.25, 0.3) is 0 Å². The Morgan fingerprint density at radius 2 is 1.79 bits per heavy atom. The van der Waals surface area contributed by atoms with Gasteiger partial charge in [0, 0.05) is 35.4 Å². The Morgan fingerprint density at radius 1 is 1.05 bits per heavy atom. The molecule has 3 heteroatoms. The third kappa shape index (κ3) is 2.81. The Bertz CT molecular complexity index is 598. The van der Waals surface area contributed by atoms with Gasteiger partial charge in [-0.1, -0.05) is 28.1 Å². The molecular formula is C16H16BrNO. The summed E-state index contributed by atoms with van der Waals surface area (Å²) in [6.07, 6.45) is 8.05. The van der Waals surface area contributed by atoms with E-state index in [-0.39, 0.29) is 0 Å². The molecule has 98 valence electrons. The second-order valence-corrected chi connectivity index (χ2v) is 6.04. The van der Waals surface area contributed by atoms with Crippen LogP contribution in [-0.4, -0.2) is 10.4 Å². The van der Waals surface area contributed by atoms with Crippen molar-refractivity contribution in [3.05, 3.63) is 57.8 Å². The highest BCUT2D eigenvalue weighted by atomic mass is 79.9. The number of carbonyl (C=O) groups is 1. The minimum absolute atomic E-state index is 0.307. The summed E-state index contributed by atoms with van der Waals surface area (Å²) >= 11 is 3.44. The van der Waals surface area contributed by atoms with E-state index in [4.69, 9.17) is 0 Å². The second kappa shape index (κ2) is 5.33.